The molecule has 0 spiro atoms. The Morgan fingerprint density at radius 2 is 1.85 bits per heavy atom. The molecule has 0 saturated carbocycles. The number of rotatable bonds is 13. The van der Waals surface area contributed by atoms with Gasteiger partial charge in [-0.05, 0) is 56.0 Å². The minimum Gasteiger partial charge on any atom is -0.437 e. The Kier molecular flexibility index (Phi) is 11.8. The topological polar surface area (TPSA) is 147 Å². The van der Waals surface area contributed by atoms with Crippen LogP contribution >= 0.6 is 11.6 Å². The molecule has 0 unspecified atom stereocenters. The fourth-order valence-corrected chi connectivity index (χ4v) is 5.87. The first kappa shape index (κ1) is 34.9. The number of carbonyl (C=O) groups excluding carboxylic acids is 2. The lowest BCUT2D eigenvalue weighted by molar-refractivity contribution is 0.0996. The first-order chi connectivity index (χ1) is 21.9. The SMILES string of the molecule is CCCCN(C(=O)Nc1cc(C(N)=O)c(F)cc1F)C1CCN(Cc2ccc(Oc3ccc(NS(=O)(=O)CC)cc3Cl)nc2)CC1. The van der Waals surface area contributed by atoms with E-state index in [2.05, 4.69) is 19.9 Å². The highest BCUT2D eigenvalue weighted by Crippen LogP contribution is 2.31. The Labute approximate surface area is 272 Å². The quantitative estimate of drug-likeness (QED) is 0.202. The zero-order chi connectivity index (χ0) is 33.4. The Morgan fingerprint density at radius 3 is 2.46 bits per heavy atom. The molecule has 0 radical (unpaired) electrons. The van der Waals surface area contributed by atoms with Gasteiger partial charge in [0.25, 0.3) is 5.91 Å². The summed E-state index contributed by atoms with van der Waals surface area (Å²) < 4.78 is 60.2. The third-order valence-electron chi connectivity index (χ3n) is 7.58. The first-order valence-corrected chi connectivity index (χ1v) is 16.9. The van der Waals surface area contributed by atoms with Crippen LogP contribution in [-0.4, -0.2) is 66.6 Å². The van der Waals surface area contributed by atoms with Gasteiger partial charge in [-0.2, -0.15) is 0 Å². The molecular formula is C31H37ClF2N6O5S. The summed E-state index contributed by atoms with van der Waals surface area (Å²) in [6.07, 6.45) is 4.68. The van der Waals surface area contributed by atoms with Crippen LogP contribution in [-0.2, 0) is 16.6 Å². The van der Waals surface area contributed by atoms with Crippen molar-refractivity contribution in [1.29, 1.82) is 0 Å². The number of hydrogen-bond acceptors (Lipinski definition) is 7. The van der Waals surface area contributed by atoms with E-state index in [0.29, 0.717) is 62.4 Å². The molecule has 3 amide bonds. The Hall–Kier alpha value is -4.01. The van der Waals surface area contributed by atoms with Gasteiger partial charge in [0, 0.05) is 50.6 Å². The van der Waals surface area contributed by atoms with E-state index in [9.17, 15) is 26.8 Å². The number of nitrogens with one attached hydrogen (secondary N) is 2. The van der Waals surface area contributed by atoms with E-state index in [1.807, 2.05) is 13.0 Å². The number of likely N-dealkylation sites (tertiary alicyclic amines) is 1. The number of anilines is 2. The van der Waals surface area contributed by atoms with Crippen molar-refractivity contribution < 1.29 is 31.5 Å². The van der Waals surface area contributed by atoms with Gasteiger partial charge < -0.3 is 20.7 Å². The molecule has 1 aliphatic rings. The fourth-order valence-electron chi connectivity index (χ4n) is 5.02. The zero-order valence-electron chi connectivity index (χ0n) is 25.6. The van der Waals surface area contributed by atoms with Crippen LogP contribution in [0.5, 0.6) is 11.6 Å². The second-order valence-corrected chi connectivity index (χ2v) is 13.3. The van der Waals surface area contributed by atoms with Crippen molar-refractivity contribution in [2.24, 2.45) is 5.73 Å². The molecular weight excluding hydrogens is 642 g/mol. The van der Waals surface area contributed by atoms with Crippen LogP contribution in [0.2, 0.25) is 5.02 Å². The van der Waals surface area contributed by atoms with Crippen molar-refractivity contribution in [3.05, 3.63) is 76.4 Å². The molecule has 4 N–H and O–H groups in total. The Morgan fingerprint density at radius 1 is 1.11 bits per heavy atom. The van der Waals surface area contributed by atoms with Crippen LogP contribution in [0.15, 0.2) is 48.7 Å². The first-order valence-electron chi connectivity index (χ1n) is 14.9. The summed E-state index contributed by atoms with van der Waals surface area (Å²) in [5, 5.41) is 2.73. The molecule has 0 atom stereocenters. The maximum absolute atomic E-state index is 14.4. The number of pyridine rings is 1. The second kappa shape index (κ2) is 15.5. The van der Waals surface area contributed by atoms with Crippen molar-refractivity contribution in [2.45, 2.75) is 52.1 Å². The smallest absolute Gasteiger partial charge is 0.322 e. The van der Waals surface area contributed by atoms with Gasteiger partial charge >= 0.3 is 6.03 Å². The molecule has 1 aliphatic heterocycles. The summed E-state index contributed by atoms with van der Waals surface area (Å²) in [6.45, 7) is 6.05. The second-order valence-electron chi connectivity index (χ2n) is 10.9. The molecule has 46 heavy (non-hydrogen) atoms. The lowest BCUT2D eigenvalue weighted by atomic mass is 10.0. The van der Waals surface area contributed by atoms with E-state index in [1.54, 1.807) is 29.3 Å². The zero-order valence-corrected chi connectivity index (χ0v) is 27.1. The van der Waals surface area contributed by atoms with Crippen LogP contribution in [0, 0.1) is 11.6 Å². The molecule has 0 bridgehead atoms. The number of piperidine rings is 1. The summed E-state index contributed by atoms with van der Waals surface area (Å²) in [7, 11) is -3.43. The maximum atomic E-state index is 14.4. The number of ether oxygens (including phenoxy) is 1. The van der Waals surface area contributed by atoms with Crippen molar-refractivity contribution in [3.63, 3.8) is 0 Å². The number of halogens is 3. The van der Waals surface area contributed by atoms with Crippen molar-refractivity contribution in [1.82, 2.24) is 14.8 Å². The standard InChI is InChI=1S/C31H37ClF2N6O5S/c1-3-5-12-40(31(42)37-27-16-23(30(35)41)25(33)17-26(27)34)22-10-13-39(14-11-22)19-20-6-9-29(36-18-20)45-28-8-7-21(15-24(28)32)38-46(43,44)4-2/h6-9,15-18,22,38H,3-5,10-14,19H2,1-2H3,(H2,35,41)(H,37,42). The summed E-state index contributed by atoms with van der Waals surface area (Å²) in [5.41, 5.74) is 5.66. The maximum Gasteiger partial charge on any atom is 0.322 e. The van der Waals surface area contributed by atoms with E-state index in [0.717, 1.165) is 24.5 Å². The van der Waals surface area contributed by atoms with E-state index < -0.39 is 39.2 Å². The molecule has 1 aromatic heterocycles. The summed E-state index contributed by atoms with van der Waals surface area (Å²) in [6, 6.07) is 9.04. The number of hydrogen-bond donors (Lipinski definition) is 3. The molecule has 1 fully saturated rings. The van der Waals surface area contributed by atoms with Gasteiger partial charge in [-0.25, -0.2) is 27.0 Å². The van der Waals surface area contributed by atoms with Gasteiger partial charge in [0.05, 0.1) is 27.7 Å². The highest BCUT2D eigenvalue weighted by molar-refractivity contribution is 7.92. The average molecular weight is 679 g/mol. The number of sulfonamides is 1. The normalized spacial score (nSPS) is 14.1. The predicted octanol–water partition coefficient (Wildman–Crippen LogP) is 5.96. The van der Waals surface area contributed by atoms with Gasteiger partial charge in [0.15, 0.2) is 0 Å². The fraction of sp³-hybridized carbons (Fsp3) is 0.387. The van der Waals surface area contributed by atoms with Crippen LogP contribution in [0.25, 0.3) is 0 Å². The number of carbonyl (C=O) groups is 2. The average Bonchev–Trinajstić information content (AvgIpc) is 3.01. The number of amides is 3. The number of nitrogens with zero attached hydrogens (tertiary/aromatic N) is 3. The lowest BCUT2D eigenvalue weighted by Crippen LogP contribution is -2.49. The van der Waals surface area contributed by atoms with Gasteiger partial charge in [-0.1, -0.05) is 31.0 Å². The molecule has 2 aromatic carbocycles. The minimum absolute atomic E-state index is 0.0612. The van der Waals surface area contributed by atoms with Gasteiger partial charge in [0.2, 0.25) is 15.9 Å². The van der Waals surface area contributed by atoms with Crippen LogP contribution < -0.4 is 20.5 Å². The van der Waals surface area contributed by atoms with Crippen LogP contribution in [0.4, 0.5) is 25.0 Å². The van der Waals surface area contributed by atoms with Crippen molar-refractivity contribution in [2.75, 3.05) is 35.4 Å². The lowest BCUT2D eigenvalue weighted by Gasteiger charge is -2.38. The molecule has 1 saturated heterocycles. The molecule has 4 rings (SSSR count). The van der Waals surface area contributed by atoms with E-state index in [1.165, 1.54) is 13.0 Å². The Balaban J connectivity index is 1.33. The van der Waals surface area contributed by atoms with Gasteiger partial charge in [-0.3, -0.25) is 14.4 Å². The number of urea groups is 1. The number of aromatic nitrogens is 1. The van der Waals surface area contributed by atoms with Gasteiger partial charge in [0.1, 0.15) is 17.4 Å². The van der Waals surface area contributed by atoms with E-state index >= 15 is 0 Å². The largest absolute Gasteiger partial charge is 0.437 e. The monoisotopic (exact) mass is 678 g/mol. The molecule has 11 nitrogen and oxygen atoms in total. The predicted molar refractivity (Wildman–Crippen MR) is 173 cm³/mol. The van der Waals surface area contributed by atoms with Crippen molar-refractivity contribution in [3.8, 4) is 11.6 Å². The molecule has 0 aliphatic carbocycles. The van der Waals surface area contributed by atoms with Gasteiger partial charge in [-0.15, -0.1) is 0 Å². The molecule has 248 valence electrons. The summed E-state index contributed by atoms with van der Waals surface area (Å²) in [4.78, 5) is 33.1. The number of primary amides is 1. The molecule has 3 aromatic rings. The third kappa shape index (κ3) is 9.27. The number of unbranched alkanes of at least 4 members (excludes halogenated alkanes) is 1. The molecule has 15 heteroatoms. The van der Waals surface area contributed by atoms with Crippen molar-refractivity contribution >= 4 is 44.9 Å². The minimum atomic E-state index is -3.43. The number of benzene rings is 2. The summed E-state index contributed by atoms with van der Waals surface area (Å²) in [5.74, 6) is -2.55. The van der Waals surface area contributed by atoms with Crippen LogP contribution in [0.1, 0.15) is 55.5 Å². The van der Waals surface area contributed by atoms with E-state index in [4.69, 9.17) is 22.1 Å². The summed E-state index contributed by atoms with van der Waals surface area (Å²) >= 11 is 6.29. The number of nitrogens with two attached hydrogens (primary N) is 1. The third-order valence-corrected chi connectivity index (χ3v) is 9.18. The van der Waals surface area contributed by atoms with Crippen LogP contribution in [0.3, 0.4) is 0 Å². The molecule has 2 heterocycles. The highest BCUT2D eigenvalue weighted by atomic mass is 35.5. The highest BCUT2D eigenvalue weighted by Gasteiger charge is 2.29. The van der Waals surface area contributed by atoms with E-state index in [-0.39, 0.29) is 22.5 Å². The Bertz CT molecular complexity index is 1650.